The molecular weight excluding hydrogens is 289 g/mol. The van der Waals surface area contributed by atoms with E-state index in [2.05, 4.69) is 4.98 Å². The molecule has 0 fully saturated rings. The van der Waals surface area contributed by atoms with Crippen LogP contribution in [-0.2, 0) is 6.42 Å². The van der Waals surface area contributed by atoms with E-state index in [1.54, 1.807) is 29.5 Å². The van der Waals surface area contributed by atoms with Crippen LogP contribution in [0.2, 0.25) is 10.0 Å². The summed E-state index contributed by atoms with van der Waals surface area (Å²) in [4.78, 5) is 17.6. The normalized spacial score (nSPS) is 10.7. The Labute approximate surface area is 120 Å². The van der Waals surface area contributed by atoms with Crippen molar-refractivity contribution in [2.24, 2.45) is 0 Å². The summed E-state index contributed by atoms with van der Waals surface area (Å²) >= 11 is 13.3. The molecule has 0 N–H and O–H groups in total. The van der Waals surface area contributed by atoms with E-state index < -0.39 is 0 Å². The fourth-order valence-corrected chi connectivity index (χ4v) is 3.03. The molecule has 0 saturated carbocycles. The standard InChI is InChI=1S/C13H11Cl2NOS/c1-7-8(2)18-13(16-7)6-12(17)9-3-10(14)5-11(15)4-9/h3-5H,6H2,1-2H3. The summed E-state index contributed by atoms with van der Waals surface area (Å²) in [6, 6.07) is 4.86. The predicted molar refractivity (Wildman–Crippen MR) is 76.1 cm³/mol. The van der Waals surface area contributed by atoms with Crippen molar-refractivity contribution < 1.29 is 4.79 Å². The summed E-state index contributed by atoms with van der Waals surface area (Å²) in [5.74, 6) is -0.0202. The molecule has 0 saturated heterocycles. The minimum absolute atomic E-state index is 0.0202. The average Bonchev–Trinajstić information content (AvgIpc) is 2.56. The van der Waals surface area contributed by atoms with Crippen molar-refractivity contribution in [3.05, 3.63) is 49.4 Å². The third-order valence-corrected chi connectivity index (χ3v) is 4.08. The van der Waals surface area contributed by atoms with Crippen LogP contribution in [0, 0.1) is 13.8 Å². The van der Waals surface area contributed by atoms with Crippen molar-refractivity contribution in [3.8, 4) is 0 Å². The summed E-state index contributed by atoms with van der Waals surface area (Å²) in [6.45, 7) is 3.94. The average molecular weight is 300 g/mol. The zero-order valence-corrected chi connectivity index (χ0v) is 12.3. The highest BCUT2D eigenvalue weighted by atomic mass is 35.5. The number of aryl methyl sites for hydroxylation is 2. The number of carbonyl (C=O) groups is 1. The Kier molecular flexibility index (Phi) is 4.05. The minimum atomic E-state index is -0.0202. The molecule has 2 nitrogen and oxygen atoms in total. The second-order valence-electron chi connectivity index (χ2n) is 4.01. The topological polar surface area (TPSA) is 30.0 Å². The van der Waals surface area contributed by atoms with Gasteiger partial charge in [-0.2, -0.15) is 0 Å². The summed E-state index contributed by atoms with van der Waals surface area (Å²) in [5.41, 5.74) is 1.50. The molecule has 1 aromatic heterocycles. The van der Waals surface area contributed by atoms with Crippen molar-refractivity contribution in [3.63, 3.8) is 0 Å². The van der Waals surface area contributed by atoms with Gasteiger partial charge in [-0.15, -0.1) is 11.3 Å². The molecule has 0 aliphatic rings. The third-order valence-electron chi connectivity index (χ3n) is 2.57. The van der Waals surface area contributed by atoms with Crippen LogP contribution >= 0.6 is 34.5 Å². The Morgan fingerprint density at radius 3 is 2.33 bits per heavy atom. The number of aromatic nitrogens is 1. The largest absolute Gasteiger partial charge is 0.294 e. The van der Waals surface area contributed by atoms with Crippen LogP contribution in [0.25, 0.3) is 0 Å². The highest BCUT2D eigenvalue weighted by Gasteiger charge is 2.12. The van der Waals surface area contributed by atoms with E-state index >= 15 is 0 Å². The lowest BCUT2D eigenvalue weighted by molar-refractivity contribution is 0.0993. The Hall–Kier alpha value is -0.900. The number of halogens is 2. The smallest absolute Gasteiger partial charge is 0.169 e. The molecule has 2 rings (SSSR count). The van der Waals surface area contributed by atoms with Crippen LogP contribution in [0.5, 0.6) is 0 Å². The van der Waals surface area contributed by atoms with Crippen molar-refractivity contribution in [2.75, 3.05) is 0 Å². The van der Waals surface area contributed by atoms with Gasteiger partial charge in [-0.25, -0.2) is 4.98 Å². The number of rotatable bonds is 3. The number of ketones is 1. The molecular formula is C13H11Cl2NOS. The molecule has 18 heavy (non-hydrogen) atoms. The van der Waals surface area contributed by atoms with Gasteiger partial charge < -0.3 is 0 Å². The zero-order valence-electron chi connectivity index (χ0n) is 9.96. The van der Waals surface area contributed by atoms with Crippen LogP contribution in [0.3, 0.4) is 0 Å². The van der Waals surface area contributed by atoms with Crippen molar-refractivity contribution in [1.29, 1.82) is 0 Å². The monoisotopic (exact) mass is 299 g/mol. The van der Waals surface area contributed by atoms with E-state index in [4.69, 9.17) is 23.2 Å². The number of carbonyl (C=O) groups excluding carboxylic acids is 1. The third kappa shape index (κ3) is 3.10. The second kappa shape index (κ2) is 5.39. The van der Waals surface area contributed by atoms with E-state index in [0.29, 0.717) is 15.6 Å². The number of hydrogen-bond donors (Lipinski definition) is 0. The fraction of sp³-hybridized carbons (Fsp3) is 0.231. The molecule has 1 aromatic carbocycles. The Balaban J connectivity index is 2.21. The van der Waals surface area contributed by atoms with Crippen LogP contribution < -0.4 is 0 Å². The first-order valence-corrected chi connectivity index (χ1v) is 6.95. The summed E-state index contributed by atoms with van der Waals surface area (Å²) < 4.78 is 0. The molecule has 1 heterocycles. The molecule has 0 atom stereocenters. The lowest BCUT2D eigenvalue weighted by Gasteiger charge is -2.01. The zero-order chi connectivity index (χ0) is 13.3. The van der Waals surface area contributed by atoms with Crippen LogP contribution in [0.1, 0.15) is 25.9 Å². The molecule has 94 valence electrons. The lowest BCUT2D eigenvalue weighted by Crippen LogP contribution is -2.03. The van der Waals surface area contributed by atoms with E-state index in [1.807, 2.05) is 13.8 Å². The Bertz CT molecular complexity index is 567. The molecule has 0 amide bonds. The Morgan fingerprint density at radius 1 is 1.22 bits per heavy atom. The number of thiazole rings is 1. The maximum Gasteiger partial charge on any atom is 0.169 e. The summed E-state index contributed by atoms with van der Waals surface area (Å²) in [7, 11) is 0. The van der Waals surface area contributed by atoms with Gasteiger partial charge in [-0.05, 0) is 32.0 Å². The molecule has 0 radical (unpaired) electrons. The number of hydrogen-bond acceptors (Lipinski definition) is 3. The highest BCUT2D eigenvalue weighted by Crippen LogP contribution is 2.22. The molecule has 2 aromatic rings. The van der Waals surface area contributed by atoms with E-state index in [1.165, 1.54) is 0 Å². The van der Waals surface area contributed by atoms with Crippen molar-refractivity contribution >= 4 is 40.3 Å². The minimum Gasteiger partial charge on any atom is -0.294 e. The van der Waals surface area contributed by atoms with Crippen LogP contribution in [-0.4, -0.2) is 10.8 Å². The first kappa shape index (κ1) is 13.5. The maximum absolute atomic E-state index is 12.1. The summed E-state index contributed by atoms with van der Waals surface area (Å²) in [6.07, 6.45) is 0.288. The quantitative estimate of drug-likeness (QED) is 0.782. The van der Waals surface area contributed by atoms with Gasteiger partial charge in [0.2, 0.25) is 0 Å². The van der Waals surface area contributed by atoms with E-state index in [0.717, 1.165) is 15.6 Å². The highest BCUT2D eigenvalue weighted by molar-refractivity contribution is 7.11. The van der Waals surface area contributed by atoms with E-state index in [9.17, 15) is 4.79 Å². The number of benzene rings is 1. The van der Waals surface area contributed by atoms with Crippen molar-refractivity contribution in [1.82, 2.24) is 4.98 Å². The van der Waals surface area contributed by atoms with Crippen molar-refractivity contribution in [2.45, 2.75) is 20.3 Å². The fourth-order valence-electron chi connectivity index (χ4n) is 1.57. The molecule has 0 unspecified atom stereocenters. The molecule has 0 aliphatic heterocycles. The molecule has 0 aliphatic carbocycles. The first-order chi connectivity index (χ1) is 8.45. The second-order valence-corrected chi connectivity index (χ2v) is 6.17. The van der Waals surface area contributed by atoms with Gasteiger partial charge in [0, 0.05) is 20.5 Å². The van der Waals surface area contributed by atoms with Gasteiger partial charge in [0.15, 0.2) is 5.78 Å². The lowest BCUT2D eigenvalue weighted by atomic mass is 10.1. The van der Waals surface area contributed by atoms with Crippen LogP contribution in [0.15, 0.2) is 18.2 Å². The molecule has 0 spiro atoms. The van der Waals surface area contributed by atoms with E-state index in [-0.39, 0.29) is 12.2 Å². The van der Waals surface area contributed by atoms with Gasteiger partial charge in [-0.3, -0.25) is 4.79 Å². The van der Waals surface area contributed by atoms with Gasteiger partial charge in [0.25, 0.3) is 0 Å². The molecule has 5 heteroatoms. The van der Waals surface area contributed by atoms with Gasteiger partial charge in [0.1, 0.15) is 5.01 Å². The van der Waals surface area contributed by atoms with Crippen LogP contribution in [0.4, 0.5) is 0 Å². The predicted octanol–water partition coefficient (Wildman–Crippen LogP) is 4.49. The SMILES string of the molecule is Cc1nc(CC(=O)c2cc(Cl)cc(Cl)c2)sc1C. The number of Topliss-reactive ketones (excluding diaryl/α,β-unsaturated/α-hetero) is 1. The molecule has 0 bridgehead atoms. The summed E-state index contributed by atoms with van der Waals surface area (Å²) in [5, 5.41) is 1.76. The Morgan fingerprint density at radius 2 is 1.83 bits per heavy atom. The maximum atomic E-state index is 12.1. The van der Waals surface area contributed by atoms with Gasteiger partial charge >= 0.3 is 0 Å². The number of nitrogens with zero attached hydrogens (tertiary/aromatic N) is 1. The van der Waals surface area contributed by atoms with Gasteiger partial charge in [0.05, 0.1) is 12.1 Å². The first-order valence-electron chi connectivity index (χ1n) is 5.38. The van der Waals surface area contributed by atoms with Gasteiger partial charge in [-0.1, -0.05) is 23.2 Å².